The summed E-state index contributed by atoms with van der Waals surface area (Å²) in [5, 5.41) is 3.45. The van der Waals surface area contributed by atoms with Gasteiger partial charge in [-0.2, -0.15) is 0 Å². The van der Waals surface area contributed by atoms with Crippen molar-refractivity contribution in [1.82, 2.24) is 5.32 Å². The monoisotopic (exact) mass is 207 g/mol. The van der Waals surface area contributed by atoms with E-state index in [0.717, 1.165) is 26.1 Å². The van der Waals surface area contributed by atoms with Crippen molar-refractivity contribution in [2.75, 3.05) is 20.3 Å². The van der Waals surface area contributed by atoms with Gasteiger partial charge in [-0.25, -0.2) is 0 Å². The maximum Gasteiger partial charge on any atom is 0.0462 e. The Kier molecular flexibility index (Phi) is 6.05. The predicted molar refractivity (Wildman–Crippen MR) is 64.0 cm³/mol. The molecule has 0 aliphatic heterocycles. The Morgan fingerprint density at radius 2 is 2.00 bits per heavy atom. The lowest BCUT2D eigenvalue weighted by molar-refractivity contribution is 0.192. The van der Waals surface area contributed by atoms with Crippen LogP contribution >= 0.6 is 0 Å². The van der Waals surface area contributed by atoms with Gasteiger partial charge in [0.2, 0.25) is 0 Å². The summed E-state index contributed by atoms with van der Waals surface area (Å²) in [5.74, 6) is 0. The number of aryl methyl sites for hydroxylation is 1. The van der Waals surface area contributed by atoms with Crippen LogP contribution < -0.4 is 5.32 Å². The van der Waals surface area contributed by atoms with Crippen LogP contribution in [-0.2, 0) is 11.3 Å². The molecule has 0 saturated heterocycles. The van der Waals surface area contributed by atoms with Crippen molar-refractivity contribution in [3.8, 4) is 0 Å². The smallest absolute Gasteiger partial charge is 0.0462 e. The van der Waals surface area contributed by atoms with Crippen LogP contribution in [0.3, 0.4) is 0 Å². The Bertz CT molecular complexity index is 273. The SMILES string of the molecule is COCCCCNCc1ccccc1C. The standard InChI is InChI=1S/C13H21NO/c1-12-7-3-4-8-13(12)11-14-9-5-6-10-15-2/h3-4,7-8,14H,5-6,9-11H2,1-2H3. The number of methoxy groups -OCH3 is 1. The highest BCUT2D eigenvalue weighted by Crippen LogP contribution is 2.05. The number of hydrogen-bond donors (Lipinski definition) is 1. The van der Waals surface area contributed by atoms with Gasteiger partial charge >= 0.3 is 0 Å². The number of benzene rings is 1. The number of hydrogen-bond acceptors (Lipinski definition) is 2. The van der Waals surface area contributed by atoms with E-state index in [2.05, 4.69) is 36.5 Å². The molecule has 0 radical (unpaired) electrons. The normalized spacial score (nSPS) is 10.5. The van der Waals surface area contributed by atoms with E-state index in [-0.39, 0.29) is 0 Å². The van der Waals surface area contributed by atoms with E-state index < -0.39 is 0 Å². The van der Waals surface area contributed by atoms with Crippen LogP contribution in [0, 0.1) is 6.92 Å². The first-order valence-electron chi connectivity index (χ1n) is 5.58. The van der Waals surface area contributed by atoms with Crippen molar-refractivity contribution in [2.45, 2.75) is 26.3 Å². The zero-order valence-electron chi connectivity index (χ0n) is 9.75. The molecule has 0 heterocycles. The van der Waals surface area contributed by atoms with Crippen LogP contribution in [0.25, 0.3) is 0 Å². The van der Waals surface area contributed by atoms with Crippen molar-refractivity contribution < 1.29 is 4.74 Å². The van der Waals surface area contributed by atoms with E-state index in [1.807, 2.05) is 0 Å². The minimum Gasteiger partial charge on any atom is -0.385 e. The molecule has 0 bridgehead atoms. The lowest BCUT2D eigenvalue weighted by Crippen LogP contribution is -2.15. The van der Waals surface area contributed by atoms with Crippen molar-refractivity contribution in [3.05, 3.63) is 35.4 Å². The summed E-state index contributed by atoms with van der Waals surface area (Å²) in [7, 11) is 1.75. The Hall–Kier alpha value is -0.860. The van der Waals surface area contributed by atoms with Gasteiger partial charge in [-0.1, -0.05) is 24.3 Å². The van der Waals surface area contributed by atoms with Gasteiger partial charge in [-0.15, -0.1) is 0 Å². The number of ether oxygens (including phenoxy) is 1. The molecule has 15 heavy (non-hydrogen) atoms. The summed E-state index contributed by atoms with van der Waals surface area (Å²) in [6.45, 7) is 5.06. The molecule has 2 heteroatoms. The Balaban J connectivity index is 2.12. The zero-order valence-corrected chi connectivity index (χ0v) is 9.75. The van der Waals surface area contributed by atoms with Gasteiger partial charge in [0.15, 0.2) is 0 Å². The quantitative estimate of drug-likeness (QED) is 0.694. The Morgan fingerprint density at radius 3 is 2.73 bits per heavy atom. The van der Waals surface area contributed by atoms with Gasteiger partial charge < -0.3 is 10.1 Å². The molecule has 0 atom stereocenters. The molecular formula is C13H21NO. The molecule has 84 valence electrons. The van der Waals surface area contributed by atoms with E-state index in [9.17, 15) is 0 Å². The van der Waals surface area contributed by atoms with Gasteiger partial charge in [0, 0.05) is 20.3 Å². The van der Waals surface area contributed by atoms with Crippen LogP contribution in [0.1, 0.15) is 24.0 Å². The third kappa shape index (κ3) is 4.96. The molecule has 1 aromatic carbocycles. The molecule has 0 spiro atoms. The van der Waals surface area contributed by atoms with Crippen LogP contribution in [0.4, 0.5) is 0 Å². The van der Waals surface area contributed by atoms with E-state index in [4.69, 9.17) is 4.74 Å². The summed E-state index contributed by atoms with van der Waals surface area (Å²) < 4.78 is 5.00. The lowest BCUT2D eigenvalue weighted by atomic mass is 10.1. The van der Waals surface area contributed by atoms with Crippen LogP contribution in [-0.4, -0.2) is 20.3 Å². The summed E-state index contributed by atoms with van der Waals surface area (Å²) in [5.41, 5.74) is 2.76. The fourth-order valence-corrected chi connectivity index (χ4v) is 1.53. The van der Waals surface area contributed by atoms with Gasteiger partial charge in [-0.05, 0) is 37.4 Å². The highest BCUT2D eigenvalue weighted by Gasteiger charge is 1.95. The lowest BCUT2D eigenvalue weighted by Gasteiger charge is -2.07. The zero-order chi connectivity index (χ0) is 10.9. The maximum absolute atomic E-state index is 5.00. The molecule has 0 amide bonds. The third-order valence-corrected chi connectivity index (χ3v) is 2.53. The van der Waals surface area contributed by atoms with Crippen molar-refractivity contribution in [3.63, 3.8) is 0 Å². The minimum atomic E-state index is 0.867. The van der Waals surface area contributed by atoms with Crippen LogP contribution in [0.2, 0.25) is 0 Å². The number of nitrogens with one attached hydrogen (secondary N) is 1. The summed E-state index contributed by atoms with van der Waals surface area (Å²) in [6, 6.07) is 8.51. The van der Waals surface area contributed by atoms with E-state index >= 15 is 0 Å². The van der Waals surface area contributed by atoms with Gasteiger partial charge in [0.1, 0.15) is 0 Å². The Labute approximate surface area is 92.6 Å². The van der Waals surface area contributed by atoms with E-state index in [0.29, 0.717) is 0 Å². The molecule has 1 aromatic rings. The van der Waals surface area contributed by atoms with Gasteiger partial charge in [0.05, 0.1) is 0 Å². The van der Waals surface area contributed by atoms with Gasteiger partial charge in [-0.3, -0.25) is 0 Å². The second-order valence-corrected chi connectivity index (χ2v) is 3.80. The first-order chi connectivity index (χ1) is 7.34. The first-order valence-corrected chi connectivity index (χ1v) is 5.58. The second-order valence-electron chi connectivity index (χ2n) is 3.80. The molecule has 0 unspecified atom stereocenters. The highest BCUT2D eigenvalue weighted by molar-refractivity contribution is 5.25. The largest absolute Gasteiger partial charge is 0.385 e. The average molecular weight is 207 g/mol. The van der Waals surface area contributed by atoms with Crippen molar-refractivity contribution >= 4 is 0 Å². The summed E-state index contributed by atoms with van der Waals surface area (Å²) >= 11 is 0. The van der Waals surface area contributed by atoms with Crippen LogP contribution in [0.15, 0.2) is 24.3 Å². The second kappa shape index (κ2) is 7.43. The van der Waals surface area contributed by atoms with Gasteiger partial charge in [0.25, 0.3) is 0 Å². The van der Waals surface area contributed by atoms with Crippen LogP contribution in [0.5, 0.6) is 0 Å². The maximum atomic E-state index is 5.00. The average Bonchev–Trinajstić information content (AvgIpc) is 2.25. The number of rotatable bonds is 7. The molecule has 2 nitrogen and oxygen atoms in total. The predicted octanol–water partition coefficient (Wildman–Crippen LogP) is 2.51. The fraction of sp³-hybridized carbons (Fsp3) is 0.538. The minimum absolute atomic E-state index is 0.867. The third-order valence-electron chi connectivity index (χ3n) is 2.53. The molecule has 0 saturated carbocycles. The first kappa shape index (κ1) is 12.2. The summed E-state index contributed by atoms with van der Waals surface area (Å²) in [6.07, 6.45) is 2.32. The molecular weight excluding hydrogens is 186 g/mol. The van der Waals surface area contributed by atoms with Crippen molar-refractivity contribution in [1.29, 1.82) is 0 Å². The Morgan fingerprint density at radius 1 is 1.20 bits per heavy atom. The molecule has 1 N–H and O–H groups in total. The molecule has 1 rings (SSSR count). The fourth-order valence-electron chi connectivity index (χ4n) is 1.53. The molecule has 0 fully saturated rings. The van der Waals surface area contributed by atoms with E-state index in [1.165, 1.54) is 17.5 Å². The summed E-state index contributed by atoms with van der Waals surface area (Å²) in [4.78, 5) is 0. The molecule has 0 aliphatic carbocycles. The van der Waals surface area contributed by atoms with Crippen molar-refractivity contribution in [2.24, 2.45) is 0 Å². The molecule has 0 aliphatic rings. The topological polar surface area (TPSA) is 21.3 Å². The van der Waals surface area contributed by atoms with E-state index in [1.54, 1.807) is 7.11 Å². The highest BCUT2D eigenvalue weighted by atomic mass is 16.5. The molecule has 0 aromatic heterocycles. The number of unbranched alkanes of at least 4 members (excludes halogenated alkanes) is 1.